The highest BCUT2D eigenvalue weighted by molar-refractivity contribution is 5.78. The first-order valence-electron chi connectivity index (χ1n) is 4.27. The standard InChI is InChI=1S/C8H15NO3/c1-2-3-12-6-8(11)9-4-7(10)5-9/h7,10H,2-6H2,1H3. The Hall–Kier alpha value is -0.610. The van der Waals surface area contributed by atoms with Crippen molar-refractivity contribution >= 4 is 5.91 Å². The van der Waals surface area contributed by atoms with E-state index in [1.807, 2.05) is 6.92 Å². The highest BCUT2D eigenvalue weighted by atomic mass is 16.5. The van der Waals surface area contributed by atoms with Crippen molar-refractivity contribution < 1.29 is 14.6 Å². The van der Waals surface area contributed by atoms with Crippen LogP contribution in [0.25, 0.3) is 0 Å². The summed E-state index contributed by atoms with van der Waals surface area (Å²) in [5.74, 6) is -0.0197. The molecule has 70 valence electrons. The minimum absolute atomic E-state index is 0.0197. The summed E-state index contributed by atoms with van der Waals surface area (Å²) in [4.78, 5) is 12.7. The van der Waals surface area contributed by atoms with Gasteiger partial charge in [-0.05, 0) is 6.42 Å². The number of carbonyl (C=O) groups is 1. The number of rotatable bonds is 4. The predicted octanol–water partition coefficient (Wildman–Crippen LogP) is -0.384. The average Bonchev–Trinajstić information content (AvgIpc) is 1.99. The number of nitrogens with zero attached hydrogens (tertiary/aromatic N) is 1. The van der Waals surface area contributed by atoms with Gasteiger partial charge < -0.3 is 14.7 Å². The molecular weight excluding hydrogens is 158 g/mol. The summed E-state index contributed by atoms with van der Waals surface area (Å²) in [6, 6.07) is 0. The number of amides is 1. The van der Waals surface area contributed by atoms with Crippen molar-refractivity contribution in [3.63, 3.8) is 0 Å². The Morgan fingerprint density at radius 3 is 2.83 bits per heavy atom. The van der Waals surface area contributed by atoms with Crippen LogP contribution in [0.5, 0.6) is 0 Å². The lowest BCUT2D eigenvalue weighted by molar-refractivity contribution is -0.146. The molecule has 0 unspecified atom stereocenters. The van der Waals surface area contributed by atoms with E-state index in [9.17, 15) is 4.79 Å². The Bertz CT molecular complexity index is 154. The SMILES string of the molecule is CCCOCC(=O)N1CC(O)C1. The molecule has 0 radical (unpaired) electrons. The summed E-state index contributed by atoms with van der Waals surface area (Å²) in [5.41, 5.74) is 0. The van der Waals surface area contributed by atoms with Crippen LogP contribution in [0, 0.1) is 0 Å². The molecule has 0 aromatic rings. The number of β-amino-alcohol motifs (C(OH)–C–C–N with tert-alkyl or cyclic N) is 1. The Morgan fingerprint density at radius 1 is 1.67 bits per heavy atom. The molecule has 4 nitrogen and oxygen atoms in total. The third kappa shape index (κ3) is 2.46. The zero-order valence-electron chi connectivity index (χ0n) is 7.32. The topological polar surface area (TPSA) is 49.8 Å². The van der Waals surface area contributed by atoms with Gasteiger partial charge in [0, 0.05) is 19.7 Å². The summed E-state index contributed by atoms with van der Waals surface area (Å²) >= 11 is 0. The molecule has 0 saturated carbocycles. The van der Waals surface area contributed by atoms with Gasteiger partial charge in [0.2, 0.25) is 5.91 Å². The number of hydrogen-bond acceptors (Lipinski definition) is 3. The maximum Gasteiger partial charge on any atom is 0.248 e. The van der Waals surface area contributed by atoms with Crippen LogP contribution in [0.3, 0.4) is 0 Å². The first kappa shape index (κ1) is 9.48. The van der Waals surface area contributed by atoms with Crippen LogP contribution < -0.4 is 0 Å². The van der Waals surface area contributed by atoms with E-state index in [2.05, 4.69) is 0 Å². The summed E-state index contributed by atoms with van der Waals surface area (Å²) in [5, 5.41) is 8.90. The first-order valence-corrected chi connectivity index (χ1v) is 4.27. The van der Waals surface area contributed by atoms with Crippen LogP contribution in [-0.4, -0.2) is 48.3 Å². The fraction of sp³-hybridized carbons (Fsp3) is 0.875. The molecule has 0 aliphatic carbocycles. The fourth-order valence-electron chi connectivity index (χ4n) is 1.05. The maximum atomic E-state index is 11.1. The van der Waals surface area contributed by atoms with Crippen molar-refractivity contribution in [1.29, 1.82) is 0 Å². The normalized spacial score (nSPS) is 17.7. The van der Waals surface area contributed by atoms with Crippen molar-refractivity contribution in [3.8, 4) is 0 Å². The highest BCUT2D eigenvalue weighted by Gasteiger charge is 2.28. The lowest BCUT2D eigenvalue weighted by Crippen LogP contribution is -2.54. The largest absolute Gasteiger partial charge is 0.389 e. The van der Waals surface area contributed by atoms with Gasteiger partial charge in [-0.25, -0.2) is 0 Å². The van der Waals surface area contributed by atoms with E-state index in [1.165, 1.54) is 0 Å². The second-order valence-electron chi connectivity index (χ2n) is 3.01. The number of hydrogen-bond donors (Lipinski definition) is 1. The van der Waals surface area contributed by atoms with Crippen molar-refractivity contribution in [2.24, 2.45) is 0 Å². The Balaban J connectivity index is 2.04. The maximum absolute atomic E-state index is 11.1. The zero-order chi connectivity index (χ0) is 8.97. The molecule has 0 spiro atoms. The van der Waals surface area contributed by atoms with Gasteiger partial charge in [-0.2, -0.15) is 0 Å². The predicted molar refractivity (Wildman–Crippen MR) is 43.7 cm³/mol. The van der Waals surface area contributed by atoms with Gasteiger partial charge in [-0.1, -0.05) is 6.92 Å². The Labute approximate surface area is 72.1 Å². The summed E-state index contributed by atoms with van der Waals surface area (Å²) in [6.45, 7) is 3.71. The number of aliphatic hydroxyl groups excluding tert-OH is 1. The summed E-state index contributed by atoms with van der Waals surface area (Å²) in [6.07, 6.45) is 0.607. The van der Waals surface area contributed by atoms with Crippen LogP contribution in [0.1, 0.15) is 13.3 Å². The zero-order valence-corrected chi connectivity index (χ0v) is 7.32. The highest BCUT2D eigenvalue weighted by Crippen LogP contribution is 2.06. The third-order valence-electron chi connectivity index (χ3n) is 1.79. The third-order valence-corrected chi connectivity index (χ3v) is 1.79. The van der Waals surface area contributed by atoms with E-state index >= 15 is 0 Å². The monoisotopic (exact) mass is 173 g/mol. The van der Waals surface area contributed by atoms with Gasteiger partial charge in [-0.15, -0.1) is 0 Å². The van der Waals surface area contributed by atoms with Crippen molar-refractivity contribution in [2.45, 2.75) is 19.4 Å². The molecule has 0 aromatic heterocycles. The van der Waals surface area contributed by atoms with Crippen LogP contribution in [-0.2, 0) is 9.53 Å². The molecule has 0 aromatic carbocycles. The molecule has 1 amide bonds. The van der Waals surface area contributed by atoms with Crippen LogP contribution in [0.15, 0.2) is 0 Å². The van der Waals surface area contributed by atoms with Gasteiger partial charge in [0.1, 0.15) is 6.61 Å². The van der Waals surface area contributed by atoms with Gasteiger partial charge in [0.25, 0.3) is 0 Å². The van der Waals surface area contributed by atoms with Crippen LogP contribution in [0.2, 0.25) is 0 Å². The van der Waals surface area contributed by atoms with E-state index in [1.54, 1.807) is 4.90 Å². The number of likely N-dealkylation sites (tertiary alicyclic amines) is 1. The summed E-state index contributed by atoms with van der Waals surface area (Å²) in [7, 11) is 0. The van der Waals surface area contributed by atoms with Gasteiger partial charge in [-0.3, -0.25) is 4.79 Å². The van der Waals surface area contributed by atoms with Crippen LogP contribution >= 0.6 is 0 Å². The van der Waals surface area contributed by atoms with Gasteiger partial charge >= 0.3 is 0 Å². The molecule has 1 aliphatic heterocycles. The molecule has 12 heavy (non-hydrogen) atoms. The average molecular weight is 173 g/mol. The second kappa shape index (κ2) is 4.42. The quantitative estimate of drug-likeness (QED) is 0.589. The molecule has 1 aliphatic rings. The van der Waals surface area contributed by atoms with E-state index in [4.69, 9.17) is 9.84 Å². The summed E-state index contributed by atoms with van der Waals surface area (Å²) < 4.78 is 5.06. The van der Waals surface area contributed by atoms with E-state index < -0.39 is 0 Å². The minimum atomic E-state index is -0.319. The van der Waals surface area contributed by atoms with Crippen molar-refractivity contribution in [3.05, 3.63) is 0 Å². The molecular formula is C8H15NO3. The smallest absolute Gasteiger partial charge is 0.248 e. The van der Waals surface area contributed by atoms with Gasteiger partial charge in [0.05, 0.1) is 6.10 Å². The molecule has 1 rings (SSSR count). The first-order chi connectivity index (χ1) is 5.74. The van der Waals surface area contributed by atoms with Gasteiger partial charge in [0.15, 0.2) is 0 Å². The molecule has 0 bridgehead atoms. The molecule has 1 N–H and O–H groups in total. The second-order valence-corrected chi connectivity index (χ2v) is 3.01. The minimum Gasteiger partial charge on any atom is -0.389 e. The van der Waals surface area contributed by atoms with Crippen molar-refractivity contribution in [1.82, 2.24) is 4.90 Å². The lowest BCUT2D eigenvalue weighted by atomic mass is 10.2. The van der Waals surface area contributed by atoms with E-state index in [0.717, 1.165) is 6.42 Å². The molecule has 4 heteroatoms. The lowest BCUT2D eigenvalue weighted by Gasteiger charge is -2.35. The van der Waals surface area contributed by atoms with E-state index in [-0.39, 0.29) is 18.6 Å². The Kier molecular flexibility index (Phi) is 3.49. The molecule has 1 saturated heterocycles. The fourth-order valence-corrected chi connectivity index (χ4v) is 1.05. The van der Waals surface area contributed by atoms with Crippen molar-refractivity contribution in [2.75, 3.05) is 26.3 Å². The van der Waals surface area contributed by atoms with E-state index in [0.29, 0.717) is 19.7 Å². The Morgan fingerprint density at radius 2 is 2.33 bits per heavy atom. The number of ether oxygens (including phenoxy) is 1. The number of carbonyl (C=O) groups excluding carboxylic acids is 1. The molecule has 0 atom stereocenters. The number of aliphatic hydroxyl groups is 1. The van der Waals surface area contributed by atoms with Crippen LogP contribution in [0.4, 0.5) is 0 Å². The molecule has 1 heterocycles. The molecule has 1 fully saturated rings.